The van der Waals surface area contributed by atoms with E-state index >= 15 is 0 Å². The van der Waals surface area contributed by atoms with Crippen molar-refractivity contribution in [2.24, 2.45) is 5.16 Å². The molecule has 3 N–H and O–H groups in total. The molecule has 0 aliphatic carbocycles. The van der Waals surface area contributed by atoms with E-state index in [1.807, 2.05) is 66.7 Å². The van der Waals surface area contributed by atoms with E-state index in [1.165, 1.54) is 12.1 Å². The molecule has 0 saturated heterocycles. The Labute approximate surface area is 223 Å². The number of oxime groups is 1. The summed E-state index contributed by atoms with van der Waals surface area (Å²) >= 11 is 0. The number of anilines is 6. The Kier molecular flexibility index (Phi) is 6.72. The molecular weight excluding hydrogens is 495 g/mol. The van der Waals surface area contributed by atoms with Gasteiger partial charge in [-0.05, 0) is 60.2 Å². The first-order chi connectivity index (χ1) is 19.2. The van der Waals surface area contributed by atoms with Crippen LogP contribution >= 0.6 is 0 Å². The number of hydrogen-bond donors (Lipinski definition) is 3. The van der Waals surface area contributed by atoms with Gasteiger partial charge in [-0.1, -0.05) is 41.6 Å². The maximum Gasteiger partial charge on any atom is 0.233 e. The summed E-state index contributed by atoms with van der Waals surface area (Å²) in [4.78, 5) is 23.3. The Bertz CT molecular complexity index is 1580. The number of nitrogens with zero attached hydrogens (tertiary/aromatic N) is 5. The van der Waals surface area contributed by atoms with Gasteiger partial charge in [0.25, 0.3) is 0 Å². The van der Waals surface area contributed by atoms with E-state index in [-0.39, 0.29) is 11.9 Å². The van der Waals surface area contributed by atoms with Crippen molar-refractivity contribution in [3.8, 4) is 0 Å². The lowest BCUT2D eigenvalue weighted by molar-refractivity contribution is 0.0855. The molecule has 0 bridgehead atoms. The number of hydrogen-bond acceptors (Lipinski definition) is 9. The molecule has 0 radical (unpaired) electrons. The maximum atomic E-state index is 13.4. The number of aromatic nitrogens is 4. The van der Waals surface area contributed by atoms with Crippen molar-refractivity contribution in [1.82, 2.24) is 19.9 Å². The van der Waals surface area contributed by atoms with E-state index in [0.717, 1.165) is 28.2 Å². The van der Waals surface area contributed by atoms with E-state index in [9.17, 15) is 4.39 Å². The fourth-order valence-corrected chi connectivity index (χ4v) is 4.02. The Morgan fingerprint density at radius 1 is 0.667 bits per heavy atom. The molecule has 2 aromatic heterocycles. The second-order valence-corrected chi connectivity index (χ2v) is 8.75. The topological polar surface area (TPSA) is 109 Å². The van der Waals surface area contributed by atoms with Gasteiger partial charge in [0.2, 0.25) is 17.8 Å². The molecule has 1 aliphatic heterocycles. The van der Waals surface area contributed by atoms with Gasteiger partial charge >= 0.3 is 0 Å². The van der Waals surface area contributed by atoms with Crippen molar-refractivity contribution in [3.05, 3.63) is 120 Å². The molecule has 0 amide bonds. The minimum atomic E-state index is -0.323. The fraction of sp³-hybridized carbons (Fsp3) is 0.0690. The molecule has 0 saturated carbocycles. The molecule has 10 heteroatoms. The zero-order chi connectivity index (χ0) is 26.4. The van der Waals surface area contributed by atoms with Gasteiger partial charge in [-0.25, -0.2) is 4.39 Å². The van der Waals surface area contributed by atoms with Crippen molar-refractivity contribution in [2.75, 3.05) is 16.0 Å². The molecule has 9 nitrogen and oxygen atoms in total. The maximum absolute atomic E-state index is 13.4. The van der Waals surface area contributed by atoms with Gasteiger partial charge < -0.3 is 20.8 Å². The SMILES string of the molecule is Fc1ccc(Nc2nc(Nc3ccccc3)nc(Nc3ccc(C4=NOC(c5cccnc5)C4)cc3)n2)cc1. The molecule has 1 unspecified atom stereocenters. The number of pyridine rings is 1. The minimum absolute atomic E-state index is 0.140. The molecule has 1 atom stereocenters. The van der Waals surface area contributed by atoms with Crippen LogP contribution in [-0.2, 0) is 4.84 Å². The van der Waals surface area contributed by atoms with Crippen LogP contribution in [0.5, 0.6) is 0 Å². The molecule has 3 heterocycles. The lowest BCUT2D eigenvalue weighted by atomic mass is 10.0. The van der Waals surface area contributed by atoms with E-state index in [1.54, 1.807) is 24.5 Å². The summed E-state index contributed by atoms with van der Waals surface area (Å²) in [5.74, 6) is 0.655. The summed E-state index contributed by atoms with van der Waals surface area (Å²) in [7, 11) is 0. The standard InChI is InChI=1S/C29H23FN8O/c30-21-10-14-24(15-11-21)34-29-36-27(32-22-6-2-1-3-7-22)35-28(37-29)33-23-12-8-19(9-13-23)25-17-26(39-38-25)20-5-4-16-31-18-20/h1-16,18,26H,17H2,(H3,32,33,34,35,36,37). The van der Waals surface area contributed by atoms with E-state index in [0.29, 0.717) is 30.0 Å². The van der Waals surface area contributed by atoms with Crippen LogP contribution in [0.3, 0.4) is 0 Å². The summed E-state index contributed by atoms with van der Waals surface area (Å²) in [5.41, 5.74) is 5.09. The fourth-order valence-electron chi connectivity index (χ4n) is 4.02. The molecule has 6 rings (SSSR count). The zero-order valence-corrected chi connectivity index (χ0v) is 20.6. The predicted molar refractivity (Wildman–Crippen MR) is 148 cm³/mol. The molecule has 3 aromatic carbocycles. The van der Waals surface area contributed by atoms with E-state index in [4.69, 9.17) is 4.84 Å². The third-order valence-corrected chi connectivity index (χ3v) is 5.97. The third kappa shape index (κ3) is 5.96. The average Bonchev–Trinajstić information content (AvgIpc) is 3.46. The van der Waals surface area contributed by atoms with Crippen LogP contribution in [0.2, 0.25) is 0 Å². The highest BCUT2D eigenvalue weighted by molar-refractivity contribution is 6.01. The summed E-state index contributed by atoms with van der Waals surface area (Å²) in [6, 6.07) is 27.2. The van der Waals surface area contributed by atoms with E-state index < -0.39 is 0 Å². The van der Waals surface area contributed by atoms with Gasteiger partial charge in [0.1, 0.15) is 5.82 Å². The highest BCUT2D eigenvalue weighted by Gasteiger charge is 2.24. The van der Waals surface area contributed by atoms with Gasteiger partial charge in [-0.2, -0.15) is 15.0 Å². The van der Waals surface area contributed by atoms with Gasteiger partial charge in [0.05, 0.1) is 5.71 Å². The molecular formula is C29H23FN8O. The van der Waals surface area contributed by atoms with Crippen molar-refractivity contribution in [2.45, 2.75) is 12.5 Å². The quantitative estimate of drug-likeness (QED) is 0.214. The lowest BCUT2D eigenvalue weighted by Crippen LogP contribution is -2.07. The highest BCUT2D eigenvalue weighted by Crippen LogP contribution is 2.29. The Morgan fingerprint density at radius 3 is 1.85 bits per heavy atom. The first-order valence-corrected chi connectivity index (χ1v) is 12.3. The first-order valence-electron chi connectivity index (χ1n) is 12.3. The number of rotatable bonds is 8. The summed E-state index contributed by atoms with van der Waals surface area (Å²) in [6.45, 7) is 0. The van der Waals surface area contributed by atoms with Crippen molar-refractivity contribution in [3.63, 3.8) is 0 Å². The molecule has 0 fully saturated rings. The molecule has 0 spiro atoms. The molecule has 5 aromatic rings. The average molecular weight is 519 g/mol. The van der Waals surface area contributed by atoms with Crippen LogP contribution < -0.4 is 16.0 Å². The third-order valence-electron chi connectivity index (χ3n) is 5.97. The zero-order valence-electron chi connectivity index (χ0n) is 20.6. The van der Waals surface area contributed by atoms with Gasteiger partial charge in [0.15, 0.2) is 6.10 Å². The van der Waals surface area contributed by atoms with Crippen molar-refractivity contribution >= 4 is 40.6 Å². The molecule has 39 heavy (non-hydrogen) atoms. The smallest absolute Gasteiger partial charge is 0.233 e. The monoisotopic (exact) mass is 518 g/mol. The highest BCUT2D eigenvalue weighted by atomic mass is 19.1. The van der Waals surface area contributed by atoms with Crippen LogP contribution in [0.25, 0.3) is 0 Å². The van der Waals surface area contributed by atoms with Gasteiger partial charge in [-0.3, -0.25) is 4.98 Å². The van der Waals surface area contributed by atoms with Crippen LogP contribution in [-0.4, -0.2) is 25.6 Å². The lowest BCUT2D eigenvalue weighted by Gasteiger charge is -2.12. The predicted octanol–water partition coefficient (Wildman–Crippen LogP) is 6.50. The molecule has 192 valence electrons. The second kappa shape index (κ2) is 10.9. The van der Waals surface area contributed by atoms with Crippen LogP contribution in [0.1, 0.15) is 23.7 Å². The second-order valence-electron chi connectivity index (χ2n) is 8.75. The van der Waals surface area contributed by atoms with Crippen LogP contribution in [0, 0.1) is 5.82 Å². The van der Waals surface area contributed by atoms with Crippen molar-refractivity contribution in [1.29, 1.82) is 0 Å². The normalized spacial score (nSPS) is 14.3. The van der Waals surface area contributed by atoms with Gasteiger partial charge in [0, 0.05) is 41.4 Å². The summed E-state index contributed by atoms with van der Waals surface area (Å²) in [5, 5.41) is 13.8. The Hall–Kier alpha value is -5.38. The Balaban J connectivity index is 1.20. The van der Waals surface area contributed by atoms with Crippen LogP contribution in [0.4, 0.5) is 39.3 Å². The summed E-state index contributed by atoms with van der Waals surface area (Å²) < 4.78 is 13.4. The number of benzene rings is 3. The summed E-state index contributed by atoms with van der Waals surface area (Å²) in [6.07, 6.45) is 4.06. The first kappa shape index (κ1) is 24.0. The van der Waals surface area contributed by atoms with Gasteiger partial charge in [-0.15, -0.1) is 0 Å². The van der Waals surface area contributed by atoms with E-state index in [2.05, 4.69) is 41.0 Å². The largest absolute Gasteiger partial charge is 0.387 e. The number of halogens is 1. The van der Waals surface area contributed by atoms with Crippen molar-refractivity contribution < 1.29 is 9.23 Å². The number of para-hydroxylation sites is 1. The minimum Gasteiger partial charge on any atom is -0.387 e. The Morgan fingerprint density at radius 2 is 1.26 bits per heavy atom. The van der Waals surface area contributed by atoms with Crippen LogP contribution in [0.15, 0.2) is 109 Å². The molecule has 1 aliphatic rings. The number of nitrogens with one attached hydrogen (secondary N) is 3.